The Hall–Kier alpha value is -0.120. The smallest absolute Gasteiger partial charge is 0.00793 e. The molecular weight excluding hydrogens is 210 g/mol. The van der Waals surface area contributed by atoms with Crippen LogP contribution in [0.4, 0.5) is 0 Å². The second-order valence-electron chi connectivity index (χ2n) is 5.76. The van der Waals surface area contributed by atoms with E-state index in [2.05, 4.69) is 30.8 Å². The molecule has 1 saturated carbocycles. The van der Waals surface area contributed by atoms with Crippen molar-refractivity contribution in [1.29, 1.82) is 0 Å². The van der Waals surface area contributed by atoms with Gasteiger partial charge in [-0.25, -0.2) is 0 Å². The molecule has 0 amide bonds. The monoisotopic (exact) mass is 241 g/mol. The average molecular weight is 241 g/mol. The highest BCUT2D eigenvalue weighted by Crippen LogP contribution is 2.23. The van der Waals surface area contributed by atoms with Crippen LogP contribution in [0.5, 0.6) is 0 Å². The summed E-state index contributed by atoms with van der Waals surface area (Å²) < 4.78 is 0. The minimum Gasteiger partial charge on any atom is -0.327 e. The molecule has 0 saturated heterocycles. The van der Waals surface area contributed by atoms with Gasteiger partial charge in [0.15, 0.2) is 0 Å². The standard InChI is InChI=1S/C14H31N3/c1-4-17(11-7-10-16(2)3)12-13-8-5-6-9-14(13)15/h13-14H,4-12,15H2,1-3H3. The maximum absolute atomic E-state index is 6.22. The quantitative estimate of drug-likeness (QED) is 0.737. The van der Waals surface area contributed by atoms with Crippen LogP contribution >= 0.6 is 0 Å². The van der Waals surface area contributed by atoms with Crippen molar-refractivity contribution in [3.8, 4) is 0 Å². The van der Waals surface area contributed by atoms with Gasteiger partial charge in [-0.1, -0.05) is 19.8 Å². The lowest BCUT2D eigenvalue weighted by molar-refractivity contribution is 0.184. The van der Waals surface area contributed by atoms with E-state index in [1.165, 1.54) is 51.7 Å². The summed E-state index contributed by atoms with van der Waals surface area (Å²) in [5.41, 5.74) is 6.22. The van der Waals surface area contributed by atoms with Crippen molar-refractivity contribution >= 4 is 0 Å². The molecule has 3 nitrogen and oxygen atoms in total. The van der Waals surface area contributed by atoms with E-state index in [1.54, 1.807) is 0 Å². The summed E-state index contributed by atoms with van der Waals surface area (Å²) in [6.07, 6.45) is 6.56. The van der Waals surface area contributed by atoms with E-state index in [0.29, 0.717) is 6.04 Å². The topological polar surface area (TPSA) is 32.5 Å². The van der Waals surface area contributed by atoms with E-state index in [-0.39, 0.29) is 0 Å². The first kappa shape index (κ1) is 14.9. The Morgan fingerprint density at radius 3 is 2.41 bits per heavy atom. The van der Waals surface area contributed by atoms with Gasteiger partial charge in [-0.15, -0.1) is 0 Å². The first-order valence-corrected chi connectivity index (χ1v) is 7.26. The third-order valence-electron chi connectivity index (χ3n) is 3.99. The fraction of sp³-hybridized carbons (Fsp3) is 1.00. The van der Waals surface area contributed by atoms with Crippen LogP contribution < -0.4 is 5.73 Å². The van der Waals surface area contributed by atoms with Crippen LogP contribution in [-0.4, -0.2) is 56.1 Å². The fourth-order valence-corrected chi connectivity index (χ4v) is 2.78. The van der Waals surface area contributed by atoms with Crippen molar-refractivity contribution in [3.63, 3.8) is 0 Å². The van der Waals surface area contributed by atoms with E-state index >= 15 is 0 Å². The van der Waals surface area contributed by atoms with Gasteiger partial charge in [0.25, 0.3) is 0 Å². The van der Waals surface area contributed by atoms with Crippen LogP contribution in [-0.2, 0) is 0 Å². The molecule has 0 aromatic heterocycles. The van der Waals surface area contributed by atoms with Crippen LogP contribution in [0.15, 0.2) is 0 Å². The Morgan fingerprint density at radius 2 is 1.82 bits per heavy atom. The maximum Gasteiger partial charge on any atom is 0.00793 e. The normalized spacial score (nSPS) is 25.8. The molecule has 3 heteroatoms. The molecule has 0 aliphatic heterocycles. The highest BCUT2D eigenvalue weighted by atomic mass is 15.1. The summed E-state index contributed by atoms with van der Waals surface area (Å²) in [6.45, 7) is 7.05. The van der Waals surface area contributed by atoms with E-state index in [0.717, 1.165) is 12.5 Å². The molecular formula is C14H31N3. The summed E-state index contributed by atoms with van der Waals surface area (Å²) >= 11 is 0. The minimum atomic E-state index is 0.451. The highest BCUT2D eigenvalue weighted by Gasteiger charge is 2.23. The summed E-state index contributed by atoms with van der Waals surface area (Å²) in [7, 11) is 4.29. The molecule has 1 rings (SSSR count). The third kappa shape index (κ3) is 5.84. The van der Waals surface area contributed by atoms with Gasteiger partial charge in [0.1, 0.15) is 0 Å². The molecule has 2 atom stereocenters. The lowest BCUT2D eigenvalue weighted by Crippen LogP contribution is -2.41. The minimum absolute atomic E-state index is 0.451. The summed E-state index contributed by atoms with van der Waals surface area (Å²) in [5.74, 6) is 0.739. The molecule has 17 heavy (non-hydrogen) atoms. The van der Waals surface area contributed by atoms with Crippen molar-refractivity contribution in [1.82, 2.24) is 9.80 Å². The Kier molecular flexibility index (Phi) is 7.09. The molecule has 1 aliphatic rings. The SMILES string of the molecule is CCN(CCCN(C)C)CC1CCCCC1N. The van der Waals surface area contributed by atoms with Crippen molar-refractivity contribution < 1.29 is 0 Å². The second kappa shape index (κ2) is 8.06. The predicted octanol–water partition coefficient (Wildman–Crippen LogP) is 1.78. The molecule has 0 bridgehead atoms. The molecule has 2 unspecified atom stereocenters. The largest absolute Gasteiger partial charge is 0.327 e. The van der Waals surface area contributed by atoms with Crippen LogP contribution in [0.3, 0.4) is 0 Å². The molecule has 0 radical (unpaired) electrons. The molecule has 0 heterocycles. The van der Waals surface area contributed by atoms with Crippen molar-refractivity contribution in [2.75, 3.05) is 40.3 Å². The van der Waals surface area contributed by atoms with Gasteiger partial charge in [0.2, 0.25) is 0 Å². The van der Waals surface area contributed by atoms with Crippen molar-refractivity contribution in [2.45, 2.75) is 45.1 Å². The van der Waals surface area contributed by atoms with E-state index < -0.39 is 0 Å². The van der Waals surface area contributed by atoms with Crippen LogP contribution in [0.1, 0.15) is 39.0 Å². The van der Waals surface area contributed by atoms with E-state index in [4.69, 9.17) is 5.73 Å². The predicted molar refractivity (Wildman–Crippen MR) is 75.2 cm³/mol. The summed E-state index contributed by atoms with van der Waals surface area (Å²) in [4.78, 5) is 4.85. The molecule has 0 spiro atoms. The van der Waals surface area contributed by atoms with Gasteiger partial charge in [-0.2, -0.15) is 0 Å². The van der Waals surface area contributed by atoms with Crippen LogP contribution in [0, 0.1) is 5.92 Å². The molecule has 2 N–H and O–H groups in total. The van der Waals surface area contributed by atoms with Gasteiger partial charge in [-0.05, 0) is 58.9 Å². The van der Waals surface area contributed by atoms with Crippen LogP contribution in [0.25, 0.3) is 0 Å². The average Bonchev–Trinajstić information content (AvgIpc) is 2.30. The Labute approximate surface area is 107 Å². The first-order chi connectivity index (χ1) is 8.13. The lowest BCUT2D eigenvalue weighted by atomic mass is 9.84. The highest BCUT2D eigenvalue weighted by molar-refractivity contribution is 4.80. The summed E-state index contributed by atoms with van der Waals surface area (Å²) in [5, 5.41) is 0. The zero-order chi connectivity index (χ0) is 12.7. The number of nitrogens with two attached hydrogens (primary N) is 1. The van der Waals surface area contributed by atoms with Crippen molar-refractivity contribution in [3.05, 3.63) is 0 Å². The molecule has 0 aromatic carbocycles. The number of rotatable bonds is 7. The van der Waals surface area contributed by atoms with Gasteiger partial charge in [-0.3, -0.25) is 0 Å². The van der Waals surface area contributed by atoms with E-state index in [1.807, 2.05) is 0 Å². The number of nitrogens with zero attached hydrogens (tertiary/aromatic N) is 2. The Bertz CT molecular complexity index is 194. The molecule has 1 fully saturated rings. The van der Waals surface area contributed by atoms with Gasteiger partial charge < -0.3 is 15.5 Å². The Balaban J connectivity index is 2.25. The van der Waals surface area contributed by atoms with Crippen LogP contribution in [0.2, 0.25) is 0 Å². The lowest BCUT2D eigenvalue weighted by Gasteiger charge is -2.33. The molecule has 102 valence electrons. The third-order valence-corrected chi connectivity index (χ3v) is 3.99. The second-order valence-corrected chi connectivity index (χ2v) is 5.76. The van der Waals surface area contributed by atoms with Gasteiger partial charge in [0, 0.05) is 12.6 Å². The Morgan fingerprint density at radius 1 is 1.12 bits per heavy atom. The van der Waals surface area contributed by atoms with E-state index in [9.17, 15) is 0 Å². The number of hydrogen-bond acceptors (Lipinski definition) is 3. The maximum atomic E-state index is 6.22. The van der Waals surface area contributed by atoms with Gasteiger partial charge in [0.05, 0.1) is 0 Å². The number of hydrogen-bond donors (Lipinski definition) is 1. The molecule has 0 aromatic rings. The molecule has 1 aliphatic carbocycles. The zero-order valence-electron chi connectivity index (χ0n) is 12.0. The zero-order valence-corrected chi connectivity index (χ0v) is 12.0. The fourth-order valence-electron chi connectivity index (χ4n) is 2.78. The first-order valence-electron chi connectivity index (χ1n) is 7.26. The van der Waals surface area contributed by atoms with Gasteiger partial charge >= 0.3 is 0 Å². The summed E-state index contributed by atoms with van der Waals surface area (Å²) in [6, 6.07) is 0.451. The van der Waals surface area contributed by atoms with Crippen molar-refractivity contribution in [2.24, 2.45) is 11.7 Å².